The number of ether oxygens (including phenoxy) is 1. The van der Waals surface area contributed by atoms with Gasteiger partial charge >= 0.3 is 0 Å². The second kappa shape index (κ2) is 8.25. The van der Waals surface area contributed by atoms with Gasteiger partial charge in [-0.1, -0.05) is 26.2 Å². The fourth-order valence-electron chi connectivity index (χ4n) is 1.29. The lowest BCUT2D eigenvalue weighted by Crippen LogP contribution is -2.29. The summed E-state index contributed by atoms with van der Waals surface area (Å²) in [5, 5.41) is 3.45. The quantitative estimate of drug-likeness (QED) is 0.579. The van der Waals surface area contributed by atoms with Crippen LogP contribution in [0.25, 0.3) is 0 Å². The van der Waals surface area contributed by atoms with Crippen molar-refractivity contribution in [3.8, 4) is 0 Å². The third-order valence-corrected chi connectivity index (χ3v) is 2.66. The zero-order valence-corrected chi connectivity index (χ0v) is 10.4. The van der Waals surface area contributed by atoms with Gasteiger partial charge in [0.1, 0.15) is 0 Å². The zero-order chi connectivity index (χ0) is 10.9. The molecule has 0 aliphatic heterocycles. The third kappa shape index (κ3) is 8.52. The third-order valence-electron chi connectivity index (χ3n) is 2.66. The van der Waals surface area contributed by atoms with Gasteiger partial charge in [0.2, 0.25) is 0 Å². The van der Waals surface area contributed by atoms with Crippen LogP contribution in [0, 0.1) is 0 Å². The molecule has 0 fully saturated rings. The minimum Gasteiger partial charge on any atom is -0.379 e. The molecule has 0 amide bonds. The first-order chi connectivity index (χ1) is 6.62. The van der Waals surface area contributed by atoms with Gasteiger partial charge in [0.15, 0.2) is 0 Å². The average molecular weight is 201 g/mol. The van der Waals surface area contributed by atoms with E-state index in [4.69, 9.17) is 4.74 Å². The van der Waals surface area contributed by atoms with Gasteiger partial charge in [0, 0.05) is 7.11 Å². The van der Waals surface area contributed by atoms with Crippen molar-refractivity contribution < 1.29 is 4.74 Å². The number of methoxy groups -OCH3 is 1. The van der Waals surface area contributed by atoms with E-state index in [1.54, 1.807) is 7.11 Å². The Labute approximate surface area is 89.4 Å². The molecule has 0 aromatic heterocycles. The lowest BCUT2D eigenvalue weighted by atomic mass is 10.1. The summed E-state index contributed by atoms with van der Waals surface area (Å²) in [6.07, 6.45) is 6.43. The Kier molecular flexibility index (Phi) is 8.20. The van der Waals surface area contributed by atoms with Crippen LogP contribution >= 0.6 is 0 Å². The number of unbranched alkanes of at least 4 members (excludes halogenated alkanes) is 3. The van der Waals surface area contributed by atoms with E-state index in [0.29, 0.717) is 0 Å². The van der Waals surface area contributed by atoms with Gasteiger partial charge in [-0.25, -0.2) is 0 Å². The molecule has 0 spiro atoms. The molecular formula is C12H27NO. The average Bonchev–Trinajstić information content (AvgIpc) is 2.16. The van der Waals surface area contributed by atoms with Crippen LogP contribution in [0.5, 0.6) is 0 Å². The molecule has 0 saturated carbocycles. The first kappa shape index (κ1) is 13.9. The Morgan fingerprint density at radius 3 is 2.36 bits per heavy atom. The minimum atomic E-state index is 0.0242. The van der Waals surface area contributed by atoms with E-state index in [1.165, 1.54) is 25.7 Å². The van der Waals surface area contributed by atoms with Crippen molar-refractivity contribution in [2.45, 2.75) is 58.5 Å². The molecule has 14 heavy (non-hydrogen) atoms. The standard InChI is InChI=1S/C12H27NO/c1-5-6-7-8-10-13-11-9-12(2,3)14-4/h13H,5-11H2,1-4H3. The molecule has 0 aliphatic rings. The van der Waals surface area contributed by atoms with Crippen LogP contribution < -0.4 is 5.32 Å². The van der Waals surface area contributed by atoms with Crippen LogP contribution in [0.1, 0.15) is 52.9 Å². The summed E-state index contributed by atoms with van der Waals surface area (Å²) >= 11 is 0. The molecule has 2 nitrogen and oxygen atoms in total. The van der Waals surface area contributed by atoms with Crippen molar-refractivity contribution in [1.29, 1.82) is 0 Å². The van der Waals surface area contributed by atoms with E-state index in [0.717, 1.165) is 19.5 Å². The van der Waals surface area contributed by atoms with Crippen molar-refractivity contribution >= 4 is 0 Å². The van der Waals surface area contributed by atoms with Gasteiger partial charge in [0.05, 0.1) is 5.60 Å². The summed E-state index contributed by atoms with van der Waals surface area (Å²) in [7, 11) is 1.78. The molecule has 0 atom stereocenters. The molecule has 0 radical (unpaired) electrons. The van der Waals surface area contributed by atoms with E-state index in [2.05, 4.69) is 26.1 Å². The summed E-state index contributed by atoms with van der Waals surface area (Å²) < 4.78 is 5.34. The molecular weight excluding hydrogens is 174 g/mol. The summed E-state index contributed by atoms with van der Waals surface area (Å²) in [5.41, 5.74) is 0.0242. The van der Waals surface area contributed by atoms with Gasteiger partial charge in [-0.3, -0.25) is 0 Å². The van der Waals surface area contributed by atoms with Gasteiger partial charge in [-0.15, -0.1) is 0 Å². The van der Waals surface area contributed by atoms with Gasteiger partial charge in [-0.05, 0) is 39.8 Å². The van der Waals surface area contributed by atoms with E-state index < -0.39 is 0 Å². The molecule has 1 N–H and O–H groups in total. The fraction of sp³-hybridized carbons (Fsp3) is 1.00. The minimum absolute atomic E-state index is 0.0242. The van der Waals surface area contributed by atoms with Crippen molar-refractivity contribution in [2.24, 2.45) is 0 Å². The molecule has 0 heterocycles. The highest BCUT2D eigenvalue weighted by atomic mass is 16.5. The maximum Gasteiger partial charge on any atom is 0.0634 e. The topological polar surface area (TPSA) is 21.3 Å². The normalized spacial score (nSPS) is 12.0. The van der Waals surface area contributed by atoms with Crippen LogP contribution in [0.2, 0.25) is 0 Å². The van der Waals surface area contributed by atoms with Crippen molar-refractivity contribution in [2.75, 3.05) is 20.2 Å². The predicted molar refractivity (Wildman–Crippen MR) is 62.7 cm³/mol. The second-order valence-electron chi connectivity index (χ2n) is 4.52. The fourth-order valence-corrected chi connectivity index (χ4v) is 1.29. The maximum atomic E-state index is 5.34. The second-order valence-corrected chi connectivity index (χ2v) is 4.52. The summed E-state index contributed by atoms with van der Waals surface area (Å²) in [4.78, 5) is 0. The molecule has 0 aliphatic carbocycles. The number of hydrogen-bond acceptors (Lipinski definition) is 2. The first-order valence-electron chi connectivity index (χ1n) is 5.88. The van der Waals surface area contributed by atoms with E-state index in [1.807, 2.05) is 0 Å². The van der Waals surface area contributed by atoms with Crippen LogP contribution in [-0.4, -0.2) is 25.8 Å². The molecule has 0 unspecified atom stereocenters. The Balaban J connectivity index is 3.13. The Hall–Kier alpha value is -0.0800. The highest BCUT2D eigenvalue weighted by molar-refractivity contribution is 4.68. The lowest BCUT2D eigenvalue weighted by Gasteiger charge is -2.22. The monoisotopic (exact) mass is 201 g/mol. The van der Waals surface area contributed by atoms with E-state index in [9.17, 15) is 0 Å². The Morgan fingerprint density at radius 1 is 1.07 bits per heavy atom. The molecule has 0 aromatic rings. The Morgan fingerprint density at radius 2 is 1.79 bits per heavy atom. The number of rotatable bonds is 9. The maximum absolute atomic E-state index is 5.34. The summed E-state index contributed by atoms with van der Waals surface area (Å²) in [5.74, 6) is 0. The van der Waals surface area contributed by atoms with Crippen molar-refractivity contribution in [1.82, 2.24) is 5.32 Å². The van der Waals surface area contributed by atoms with Gasteiger partial charge in [0.25, 0.3) is 0 Å². The molecule has 0 saturated heterocycles. The van der Waals surface area contributed by atoms with Crippen LogP contribution in [-0.2, 0) is 4.74 Å². The molecule has 0 bridgehead atoms. The van der Waals surface area contributed by atoms with E-state index >= 15 is 0 Å². The van der Waals surface area contributed by atoms with Crippen molar-refractivity contribution in [3.05, 3.63) is 0 Å². The SMILES string of the molecule is CCCCCCNCCC(C)(C)OC. The van der Waals surface area contributed by atoms with Crippen LogP contribution in [0.4, 0.5) is 0 Å². The number of nitrogens with one attached hydrogen (secondary N) is 1. The van der Waals surface area contributed by atoms with Crippen molar-refractivity contribution in [3.63, 3.8) is 0 Å². The first-order valence-corrected chi connectivity index (χ1v) is 5.88. The van der Waals surface area contributed by atoms with Gasteiger partial charge < -0.3 is 10.1 Å². The summed E-state index contributed by atoms with van der Waals surface area (Å²) in [6, 6.07) is 0. The largest absolute Gasteiger partial charge is 0.379 e. The molecule has 86 valence electrons. The zero-order valence-electron chi connectivity index (χ0n) is 10.4. The summed E-state index contributed by atoms with van der Waals surface area (Å²) in [6.45, 7) is 8.72. The predicted octanol–water partition coefficient (Wildman–Crippen LogP) is 2.97. The highest BCUT2D eigenvalue weighted by Crippen LogP contribution is 2.11. The smallest absolute Gasteiger partial charge is 0.0634 e. The van der Waals surface area contributed by atoms with Gasteiger partial charge in [-0.2, -0.15) is 0 Å². The highest BCUT2D eigenvalue weighted by Gasteiger charge is 2.14. The van der Waals surface area contributed by atoms with E-state index in [-0.39, 0.29) is 5.60 Å². The number of hydrogen-bond donors (Lipinski definition) is 1. The molecule has 0 aromatic carbocycles. The van der Waals surface area contributed by atoms with Crippen LogP contribution in [0.3, 0.4) is 0 Å². The lowest BCUT2D eigenvalue weighted by molar-refractivity contribution is 0.0159. The Bertz CT molecular complexity index is 123. The molecule has 2 heteroatoms. The molecule has 0 rings (SSSR count). The van der Waals surface area contributed by atoms with Crippen LogP contribution in [0.15, 0.2) is 0 Å².